The molecule has 0 spiro atoms. The van der Waals surface area contributed by atoms with E-state index in [9.17, 15) is 9.59 Å². The number of carbonyl (C=O) groups is 2. The number of nitrogens with two attached hydrogens (primary N) is 1. The zero-order chi connectivity index (χ0) is 26.6. The van der Waals surface area contributed by atoms with Gasteiger partial charge in [-0.05, 0) is 41.0 Å². The maximum Gasteiger partial charge on any atom is 0.251 e. The van der Waals surface area contributed by atoms with Gasteiger partial charge in [-0.2, -0.15) is 0 Å². The van der Waals surface area contributed by atoms with Gasteiger partial charge in [0.05, 0.1) is 12.2 Å². The zero-order valence-electron chi connectivity index (χ0n) is 20.6. The molecule has 1 aliphatic carbocycles. The van der Waals surface area contributed by atoms with Crippen molar-refractivity contribution in [2.75, 3.05) is 18.4 Å². The van der Waals surface area contributed by atoms with Crippen LogP contribution in [0.1, 0.15) is 47.4 Å². The first-order chi connectivity index (χ1) is 17.6. The molecule has 2 aromatic carbocycles. The fourth-order valence-corrected chi connectivity index (χ4v) is 5.30. The van der Waals surface area contributed by atoms with Gasteiger partial charge in [-0.25, -0.2) is 4.98 Å². The SMILES string of the molecule is CC(C)(CN)c1cccc(C(=O)NCC(=O)Nc2nc(C3(Cl)C=CC=C(c4cccc(Cl)c4)C3)cs2)c1. The number of nitrogens with one attached hydrogen (secondary N) is 2. The monoisotopic (exact) mass is 554 g/mol. The minimum atomic E-state index is -0.845. The van der Waals surface area contributed by atoms with E-state index in [0.29, 0.717) is 34.4 Å². The maximum absolute atomic E-state index is 12.6. The van der Waals surface area contributed by atoms with Crippen LogP contribution in [0.15, 0.2) is 72.1 Å². The number of carbonyl (C=O) groups excluding carboxylic acids is 2. The molecule has 1 heterocycles. The van der Waals surface area contributed by atoms with Crippen LogP contribution in [-0.4, -0.2) is 29.9 Å². The number of rotatable bonds is 8. The summed E-state index contributed by atoms with van der Waals surface area (Å²) < 4.78 is 0. The third-order valence-electron chi connectivity index (χ3n) is 6.30. The molecule has 4 N–H and O–H groups in total. The molecule has 37 heavy (non-hydrogen) atoms. The van der Waals surface area contributed by atoms with Gasteiger partial charge in [-0.1, -0.05) is 67.9 Å². The lowest BCUT2D eigenvalue weighted by Crippen LogP contribution is -2.33. The van der Waals surface area contributed by atoms with Crippen LogP contribution in [0.3, 0.4) is 0 Å². The van der Waals surface area contributed by atoms with E-state index in [1.54, 1.807) is 12.1 Å². The molecule has 0 fully saturated rings. The van der Waals surface area contributed by atoms with Gasteiger partial charge in [0.1, 0.15) is 4.87 Å². The number of anilines is 1. The average molecular weight is 556 g/mol. The smallest absolute Gasteiger partial charge is 0.251 e. The van der Waals surface area contributed by atoms with E-state index in [1.807, 2.05) is 73.9 Å². The Morgan fingerprint density at radius 2 is 1.97 bits per heavy atom. The Labute approximate surface area is 230 Å². The number of allylic oxidation sites excluding steroid dienone is 4. The number of alkyl halides is 1. The van der Waals surface area contributed by atoms with Crippen LogP contribution in [0.5, 0.6) is 0 Å². The Hall–Kier alpha value is -2.97. The van der Waals surface area contributed by atoms with Crippen LogP contribution in [-0.2, 0) is 15.1 Å². The molecule has 0 radical (unpaired) electrons. The molecule has 4 rings (SSSR count). The molecular weight excluding hydrogens is 527 g/mol. The summed E-state index contributed by atoms with van der Waals surface area (Å²) in [7, 11) is 0. The Balaban J connectivity index is 1.36. The van der Waals surface area contributed by atoms with Crippen LogP contribution in [0.2, 0.25) is 5.02 Å². The van der Waals surface area contributed by atoms with Crippen LogP contribution in [0, 0.1) is 0 Å². The van der Waals surface area contributed by atoms with E-state index < -0.39 is 4.87 Å². The molecule has 3 aromatic rings. The van der Waals surface area contributed by atoms with Crippen LogP contribution < -0.4 is 16.4 Å². The van der Waals surface area contributed by atoms with Crippen molar-refractivity contribution in [3.8, 4) is 0 Å². The van der Waals surface area contributed by atoms with E-state index >= 15 is 0 Å². The molecule has 1 unspecified atom stereocenters. The standard InChI is InChI=1S/C28H28Cl2N4O2S/c1-27(2,17-31)21-9-3-7-19(12-21)25(36)32-15-24(35)34-26-33-23(16-37-26)28(30)11-5-8-20(14-28)18-6-4-10-22(29)13-18/h3-13,16H,14-15,17,31H2,1-2H3,(H,32,36)(H,33,34,35). The van der Waals surface area contributed by atoms with Crippen molar-refractivity contribution in [2.45, 2.75) is 30.6 Å². The maximum atomic E-state index is 12.6. The first kappa shape index (κ1) is 27.1. The second kappa shape index (κ2) is 11.2. The fourth-order valence-electron chi connectivity index (χ4n) is 3.92. The van der Waals surface area contributed by atoms with Gasteiger partial charge in [0.25, 0.3) is 5.91 Å². The number of hydrogen-bond donors (Lipinski definition) is 3. The summed E-state index contributed by atoms with van der Waals surface area (Å²) in [6.45, 7) is 4.30. The summed E-state index contributed by atoms with van der Waals surface area (Å²) in [5.41, 5.74) is 9.71. The van der Waals surface area contributed by atoms with Gasteiger partial charge in [0, 0.05) is 34.3 Å². The number of hydrogen-bond acceptors (Lipinski definition) is 5. The molecule has 1 aliphatic rings. The third kappa shape index (κ3) is 6.48. The summed E-state index contributed by atoms with van der Waals surface area (Å²) in [5.74, 6) is -0.716. The van der Waals surface area contributed by atoms with Crippen LogP contribution >= 0.6 is 34.5 Å². The summed E-state index contributed by atoms with van der Waals surface area (Å²) in [5, 5.41) is 8.30. The van der Waals surface area contributed by atoms with Gasteiger partial charge in [-0.15, -0.1) is 22.9 Å². The third-order valence-corrected chi connectivity index (χ3v) is 7.75. The quantitative estimate of drug-likeness (QED) is 0.303. The van der Waals surface area contributed by atoms with E-state index in [1.165, 1.54) is 11.3 Å². The summed E-state index contributed by atoms with van der Waals surface area (Å²) in [6.07, 6.45) is 6.34. The largest absolute Gasteiger partial charge is 0.343 e. The lowest BCUT2D eigenvalue weighted by Gasteiger charge is -2.26. The minimum Gasteiger partial charge on any atom is -0.343 e. The second-order valence-corrected chi connectivity index (χ2v) is 11.5. The Morgan fingerprint density at radius 1 is 1.19 bits per heavy atom. The van der Waals surface area contributed by atoms with Crippen LogP contribution in [0.25, 0.3) is 5.57 Å². The predicted octanol–water partition coefficient (Wildman–Crippen LogP) is 5.88. The van der Waals surface area contributed by atoms with Crippen molar-refractivity contribution in [3.63, 3.8) is 0 Å². The van der Waals surface area contributed by atoms with Crippen molar-refractivity contribution in [1.29, 1.82) is 0 Å². The van der Waals surface area contributed by atoms with Crippen LogP contribution in [0.4, 0.5) is 5.13 Å². The van der Waals surface area contributed by atoms with Gasteiger partial charge in [-0.3, -0.25) is 9.59 Å². The zero-order valence-corrected chi connectivity index (χ0v) is 22.9. The molecule has 1 aromatic heterocycles. The molecule has 6 nitrogen and oxygen atoms in total. The summed E-state index contributed by atoms with van der Waals surface area (Å²) in [4.78, 5) is 28.8. The van der Waals surface area contributed by atoms with Gasteiger partial charge >= 0.3 is 0 Å². The molecule has 0 bridgehead atoms. The molecule has 2 amide bonds. The first-order valence-electron chi connectivity index (χ1n) is 11.8. The van der Waals surface area contributed by atoms with Gasteiger partial charge in [0.15, 0.2) is 5.13 Å². The molecule has 0 aliphatic heterocycles. The van der Waals surface area contributed by atoms with Crippen molar-refractivity contribution >= 4 is 57.1 Å². The number of amides is 2. The molecule has 9 heteroatoms. The van der Waals surface area contributed by atoms with Crippen molar-refractivity contribution < 1.29 is 9.59 Å². The highest BCUT2D eigenvalue weighted by Crippen LogP contribution is 2.43. The number of aromatic nitrogens is 1. The molecule has 1 atom stereocenters. The number of nitrogens with zero attached hydrogens (tertiary/aromatic N) is 1. The molecule has 0 saturated heterocycles. The van der Waals surface area contributed by atoms with Gasteiger partial charge in [0.2, 0.25) is 5.91 Å². The highest BCUT2D eigenvalue weighted by Gasteiger charge is 2.33. The lowest BCUT2D eigenvalue weighted by molar-refractivity contribution is -0.115. The normalized spacial score (nSPS) is 17.3. The van der Waals surface area contributed by atoms with E-state index in [2.05, 4.69) is 15.6 Å². The molecule has 192 valence electrons. The van der Waals surface area contributed by atoms with Crippen molar-refractivity contribution in [2.24, 2.45) is 5.73 Å². The average Bonchev–Trinajstić information content (AvgIpc) is 3.37. The minimum absolute atomic E-state index is 0.189. The fraction of sp³-hybridized carbons (Fsp3) is 0.250. The number of thiazole rings is 1. The number of halogens is 2. The number of benzene rings is 2. The van der Waals surface area contributed by atoms with Crippen molar-refractivity contribution in [1.82, 2.24) is 10.3 Å². The summed E-state index contributed by atoms with van der Waals surface area (Å²) in [6, 6.07) is 14.9. The Morgan fingerprint density at radius 3 is 2.73 bits per heavy atom. The van der Waals surface area contributed by atoms with Crippen molar-refractivity contribution in [3.05, 3.63) is 99.5 Å². The Kier molecular flexibility index (Phi) is 8.19. The molecule has 0 saturated carbocycles. The summed E-state index contributed by atoms with van der Waals surface area (Å²) >= 11 is 14.4. The Bertz CT molecular complexity index is 1380. The topological polar surface area (TPSA) is 97.1 Å². The molecular formula is C28H28Cl2N4O2S. The van der Waals surface area contributed by atoms with E-state index in [-0.39, 0.29) is 23.8 Å². The second-order valence-electron chi connectivity index (χ2n) is 9.54. The highest BCUT2D eigenvalue weighted by atomic mass is 35.5. The van der Waals surface area contributed by atoms with E-state index in [0.717, 1.165) is 16.7 Å². The predicted molar refractivity (Wildman–Crippen MR) is 152 cm³/mol. The highest BCUT2D eigenvalue weighted by molar-refractivity contribution is 7.14. The van der Waals surface area contributed by atoms with Gasteiger partial charge < -0.3 is 16.4 Å². The lowest BCUT2D eigenvalue weighted by atomic mass is 9.84. The first-order valence-corrected chi connectivity index (χ1v) is 13.4. The van der Waals surface area contributed by atoms with E-state index in [4.69, 9.17) is 28.9 Å².